The molecule has 2 aromatic carbocycles. The Balaban J connectivity index is 1.87. The molecule has 152 valence electrons. The maximum Gasteiger partial charge on any atom is 0.296 e. The number of ether oxygens (including phenoxy) is 1. The topological polar surface area (TPSA) is 80.0 Å². The van der Waals surface area contributed by atoms with E-state index in [2.05, 4.69) is 0 Å². The fourth-order valence-electron chi connectivity index (χ4n) is 3.53. The van der Waals surface area contributed by atoms with Crippen molar-refractivity contribution in [1.82, 2.24) is 4.90 Å². The number of carbonyl (C=O) groups excluding carboxylic acids is 2. The monoisotopic (exact) mass is 423 g/mol. The number of aliphatic hydroxyl groups is 1. The highest BCUT2D eigenvalue weighted by molar-refractivity contribution is 6.46. The molecule has 30 heavy (non-hydrogen) atoms. The number of likely N-dealkylation sites (tertiary alicyclic amines) is 1. The van der Waals surface area contributed by atoms with Crippen LogP contribution in [0.25, 0.3) is 5.76 Å². The third-order valence-electron chi connectivity index (χ3n) is 4.97. The number of amides is 1. The molecule has 0 saturated carbocycles. The third-order valence-corrected chi connectivity index (χ3v) is 5.23. The van der Waals surface area contributed by atoms with Crippen molar-refractivity contribution in [3.05, 3.63) is 94.4 Å². The molecule has 1 aliphatic heterocycles. The van der Waals surface area contributed by atoms with E-state index in [9.17, 15) is 14.7 Å². The lowest BCUT2D eigenvalue weighted by Gasteiger charge is -2.24. The number of benzene rings is 2. The smallest absolute Gasteiger partial charge is 0.296 e. The van der Waals surface area contributed by atoms with Crippen molar-refractivity contribution >= 4 is 29.1 Å². The Kier molecular flexibility index (Phi) is 5.33. The van der Waals surface area contributed by atoms with Crippen LogP contribution in [0.1, 0.15) is 22.9 Å². The van der Waals surface area contributed by atoms with Crippen molar-refractivity contribution in [1.29, 1.82) is 0 Å². The van der Waals surface area contributed by atoms with Gasteiger partial charge in [-0.3, -0.25) is 9.59 Å². The van der Waals surface area contributed by atoms with Gasteiger partial charge in [0.15, 0.2) is 0 Å². The lowest BCUT2D eigenvalue weighted by atomic mass is 9.95. The molecule has 6 nitrogen and oxygen atoms in total. The first kappa shape index (κ1) is 19.8. The predicted molar refractivity (Wildman–Crippen MR) is 111 cm³/mol. The molecule has 1 aromatic heterocycles. The minimum atomic E-state index is -0.805. The van der Waals surface area contributed by atoms with Crippen molar-refractivity contribution in [3.63, 3.8) is 0 Å². The van der Waals surface area contributed by atoms with Gasteiger partial charge in [0.2, 0.25) is 0 Å². The van der Waals surface area contributed by atoms with Crippen molar-refractivity contribution in [3.8, 4) is 5.75 Å². The number of nitrogens with zero attached hydrogens (tertiary/aromatic N) is 1. The average molecular weight is 424 g/mol. The Morgan fingerprint density at radius 3 is 2.57 bits per heavy atom. The first-order chi connectivity index (χ1) is 14.5. The number of Topliss-reactive ketones (excluding diaryl/α,β-unsaturated/α-hetero) is 1. The van der Waals surface area contributed by atoms with Crippen molar-refractivity contribution in [2.75, 3.05) is 7.11 Å². The van der Waals surface area contributed by atoms with Crippen LogP contribution in [0.15, 0.2) is 76.9 Å². The summed E-state index contributed by atoms with van der Waals surface area (Å²) in [5.74, 6) is -0.643. The Morgan fingerprint density at radius 2 is 1.90 bits per heavy atom. The summed E-state index contributed by atoms with van der Waals surface area (Å²) in [5.41, 5.74) is 1.03. The second kappa shape index (κ2) is 8.08. The summed E-state index contributed by atoms with van der Waals surface area (Å²) in [7, 11) is 1.53. The van der Waals surface area contributed by atoms with Gasteiger partial charge in [-0.1, -0.05) is 23.7 Å². The van der Waals surface area contributed by atoms with Gasteiger partial charge < -0.3 is 19.2 Å². The Bertz CT molecular complexity index is 1120. The molecule has 1 fully saturated rings. The molecule has 0 aliphatic carbocycles. The molecular formula is C23H18ClNO5. The molecular weight excluding hydrogens is 406 g/mol. The third kappa shape index (κ3) is 3.57. The minimum absolute atomic E-state index is 0.00197. The summed E-state index contributed by atoms with van der Waals surface area (Å²) in [6, 6.07) is 16.1. The number of furan rings is 1. The Labute approximate surface area is 177 Å². The van der Waals surface area contributed by atoms with Gasteiger partial charge in [-0.05, 0) is 54.1 Å². The second-order valence-corrected chi connectivity index (χ2v) is 7.23. The number of rotatable bonds is 5. The average Bonchev–Trinajstić information content (AvgIpc) is 3.36. The van der Waals surface area contributed by atoms with Crippen LogP contribution in [0.4, 0.5) is 0 Å². The summed E-state index contributed by atoms with van der Waals surface area (Å²) < 4.78 is 10.7. The van der Waals surface area contributed by atoms with Gasteiger partial charge in [0.1, 0.15) is 17.3 Å². The van der Waals surface area contributed by atoms with Gasteiger partial charge in [0.25, 0.3) is 11.7 Å². The summed E-state index contributed by atoms with van der Waals surface area (Å²) in [6.45, 7) is 0.0802. The van der Waals surface area contributed by atoms with E-state index in [0.717, 1.165) is 0 Å². The number of halogens is 1. The number of carbonyl (C=O) groups is 2. The van der Waals surface area contributed by atoms with Crippen molar-refractivity contribution in [2.45, 2.75) is 12.6 Å². The second-order valence-electron chi connectivity index (χ2n) is 6.79. The molecule has 0 bridgehead atoms. The lowest BCUT2D eigenvalue weighted by molar-refractivity contribution is -0.140. The van der Waals surface area contributed by atoms with Gasteiger partial charge in [0, 0.05) is 10.6 Å². The van der Waals surface area contributed by atoms with Crippen LogP contribution < -0.4 is 4.74 Å². The van der Waals surface area contributed by atoms with Crippen LogP contribution in [0, 0.1) is 0 Å². The van der Waals surface area contributed by atoms with Gasteiger partial charge in [0.05, 0.1) is 31.5 Å². The van der Waals surface area contributed by atoms with E-state index in [4.69, 9.17) is 20.8 Å². The van der Waals surface area contributed by atoms with Gasteiger partial charge >= 0.3 is 0 Å². The first-order valence-corrected chi connectivity index (χ1v) is 9.58. The van der Waals surface area contributed by atoms with Gasteiger partial charge in [-0.15, -0.1) is 0 Å². The number of ketones is 1. The highest BCUT2D eigenvalue weighted by Crippen LogP contribution is 2.41. The van der Waals surface area contributed by atoms with Gasteiger partial charge in [-0.2, -0.15) is 0 Å². The van der Waals surface area contributed by atoms with Crippen molar-refractivity contribution < 1.29 is 23.8 Å². The molecule has 0 radical (unpaired) electrons. The molecule has 1 aliphatic rings. The number of hydrogen-bond acceptors (Lipinski definition) is 5. The largest absolute Gasteiger partial charge is 0.507 e. The van der Waals surface area contributed by atoms with E-state index in [1.807, 2.05) is 0 Å². The standard InChI is InChI=1S/C23H18ClNO5/c1-29-17-5-2-4-15(12-17)20-19(21(26)14-7-9-16(24)10-8-14)22(27)23(28)25(20)13-18-6-3-11-30-18/h2-12,20,26H,13H2,1H3. The molecule has 1 atom stereocenters. The van der Waals surface area contributed by atoms with Crippen LogP contribution in [0.5, 0.6) is 5.75 Å². The molecule has 4 rings (SSSR count). The summed E-state index contributed by atoms with van der Waals surface area (Å²) in [6.07, 6.45) is 1.50. The van der Waals surface area contributed by atoms with E-state index in [1.54, 1.807) is 60.7 Å². The molecule has 1 amide bonds. The molecule has 2 heterocycles. The molecule has 1 unspecified atom stereocenters. The SMILES string of the molecule is COc1cccc(C2C(=C(O)c3ccc(Cl)cc3)C(=O)C(=O)N2Cc2ccco2)c1. The summed E-state index contributed by atoms with van der Waals surface area (Å²) in [4.78, 5) is 27.3. The fourth-order valence-corrected chi connectivity index (χ4v) is 3.66. The summed E-state index contributed by atoms with van der Waals surface area (Å²) in [5, 5.41) is 11.5. The molecule has 1 N–H and O–H groups in total. The van der Waals surface area contributed by atoms with Crippen LogP contribution in [-0.2, 0) is 16.1 Å². The highest BCUT2D eigenvalue weighted by atomic mass is 35.5. The normalized spacial score (nSPS) is 18.1. The quantitative estimate of drug-likeness (QED) is 0.369. The van der Waals surface area contributed by atoms with Crippen LogP contribution in [0.2, 0.25) is 5.02 Å². The summed E-state index contributed by atoms with van der Waals surface area (Å²) >= 11 is 5.94. The highest BCUT2D eigenvalue weighted by Gasteiger charge is 2.46. The van der Waals surface area contributed by atoms with Crippen LogP contribution >= 0.6 is 11.6 Å². The van der Waals surface area contributed by atoms with Gasteiger partial charge in [-0.25, -0.2) is 0 Å². The maximum atomic E-state index is 13.0. The lowest BCUT2D eigenvalue weighted by Crippen LogP contribution is -2.29. The number of methoxy groups -OCH3 is 1. The first-order valence-electron chi connectivity index (χ1n) is 9.20. The van der Waals surface area contributed by atoms with E-state index in [0.29, 0.717) is 27.7 Å². The van der Waals surface area contributed by atoms with Crippen LogP contribution in [-0.4, -0.2) is 28.8 Å². The van der Waals surface area contributed by atoms with E-state index >= 15 is 0 Å². The van der Waals surface area contributed by atoms with E-state index in [-0.39, 0.29) is 17.9 Å². The number of aliphatic hydroxyl groups excluding tert-OH is 1. The Morgan fingerprint density at radius 1 is 1.13 bits per heavy atom. The molecule has 1 saturated heterocycles. The predicted octanol–water partition coefficient (Wildman–Crippen LogP) is 4.56. The molecule has 3 aromatic rings. The zero-order valence-corrected chi connectivity index (χ0v) is 16.8. The van der Waals surface area contributed by atoms with E-state index < -0.39 is 17.7 Å². The van der Waals surface area contributed by atoms with Crippen LogP contribution in [0.3, 0.4) is 0 Å². The minimum Gasteiger partial charge on any atom is -0.507 e. The Hall–Kier alpha value is -3.51. The number of hydrogen-bond donors (Lipinski definition) is 1. The zero-order valence-electron chi connectivity index (χ0n) is 16.0. The molecule has 7 heteroatoms. The fraction of sp³-hybridized carbons (Fsp3) is 0.130. The van der Waals surface area contributed by atoms with E-state index in [1.165, 1.54) is 18.3 Å². The zero-order chi connectivity index (χ0) is 21.3. The van der Waals surface area contributed by atoms with Crippen molar-refractivity contribution in [2.24, 2.45) is 0 Å². The maximum absolute atomic E-state index is 13.0. The molecule has 0 spiro atoms.